The fourth-order valence-electron chi connectivity index (χ4n) is 3.95. The third-order valence-corrected chi connectivity index (χ3v) is 9.15. The molecule has 0 amide bonds. The number of phosphoric ester groups is 1. The largest absolute Gasteiger partial charge is 0.472 e. The maximum Gasteiger partial charge on any atom is 0.472 e. The number of likely N-dealkylation sites (N-methyl/N-ethyl adjacent to an activating group) is 1. The van der Waals surface area contributed by atoms with Gasteiger partial charge >= 0.3 is 7.82 Å². The first-order valence-electron chi connectivity index (χ1n) is 13.8. The van der Waals surface area contributed by atoms with E-state index in [1.807, 2.05) is 21.1 Å². The second-order valence-corrected chi connectivity index (χ2v) is 15.6. The van der Waals surface area contributed by atoms with Gasteiger partial charge in [-0.2, -0.15) is 0 Å². The molecule has 0 aliphatic carbocycles. The molecule has 0 aromatic rings. The van der Waals surface area contributed by atoms with E-state index in [1.54, 1.807) is 13.8 Å². The zero-order chi connectivity index (χ0) is 26.8. The molecule has 0 heterocycles. The highest BCUT2D eigenvalue weighted by Gasteiger charge is 2.31. The van der Waals surface area contributed by atoms with Gasteiger partial charge in [0.2, 0.25) is 0 Å². The minimum absolute atomic E-state index is 0.0721. The lowest BCUT2D eigenvalue weighted by molar-refractivity contribution is -0.870. The van der Waals surface area contributed by atoms with Crippen LogP contribution in [0.15, 0.2) is 0 Å². The molecular weight excluding hydrogens is 485 g/mol. The lowest BCUT2D eigenvalue weighted by Gasteiger charge is -2.26. The monoisotopic (exact) mass is 542 g/mol. The summed E-state index contributed by atoms with van der Waals surface area (Å²) in [6.07, 6.45) is 17.2. The van der Waals surface area contributed by atoms with E-state index in [-0.39, 0.29) is 24.7 Å². The fourth-order valence-corrected chi connectivity index (χ4v) is 6.91. The Hall–Kier alpha value is 0.0200. The Bertz CT molecular complexity index is 676. The molecule has 0 saturated carbocycles. The van der Waals surface area contributed by atoms with Crippen LogP contribution in [0.4, 0.5) is 0 Å². The molecule has 0 fully saturated rings. The van der Waals surface area contributed by atoms with Crippen LogP contribution in [0.3, 0.4) is 0 Å². The van der Waals surface area contributed by atoms with Gasteiger partial charge in [-0.1, -0.05) is 104 Å². The first-order valence-corrected chi connectivity index (χ1v) is 17.1. The summed E-state index contributed by atoms with van der Waals surface area (Å²) in [4.78, 5) is 9.87. The van der Waals surface area contributed by atoms with E-state index >= 15 is 0 Å². The highest BCUT2D eigenvalue weighted by atomic mass is 32.2. The average Bonchev–Trinajstić information content (AvgIpc) is 2.71. The molecule has 0 saturated heterocycles. The molecule has 1 N–H and O–H groups in total. The van der Waals surface area contributed by atoms with Crippen molar-refractivity contribution in [3.8, 4) is 0 Å². The smallest absolute Gasteiger partial charge is 0.329 e. The Kier molecular flexibility index (Phi) is 18.3. The lowest BCUT2D eigenvalue weighted by Crippen LogP contribution is -2.37. The Balaban J connectivity index is 3.92. The molecule has 0 radical (unpaired) electrons. The van der Waals surface area contributed by atoms with E-state index in [4.69, 9.17) is 9.05 Å². The number of rotatable bonds is 24. The number of sulfone groups is 1. The molecule has 1 atom stereocenters. The molecule has 7 nitrogen and oxygen atoms in total. The van der Waals surface area contributed by atoms with Crippen molar-refractivity contribution in [2.24, 2.45) is 5.41 Å². The lowest BCUT2D eigenvalue weighted by atomic mass is 9.98. The van der Waals surface area contributed by atoms with E-state index < -0.39 is 23.1 Å². The van der Waals surface area contributed by atoms with Crippen molar-refractivity contribution in [3.63, 3.8) is 0 Å². The van der Waals surface area contributed by atoms with Gasteiger partial charge in [0, 0.05) is 5.41 Å². The van der Waals surface area contributed by atoms with E-state index in [1.165, 1.54) is 70.6 Å². The average molecular weight is 543 g/mol. The Labute approximate surface area is 217 Å². The van der Waals surface area contributed by atoms with Gasteiger partial charge in [-0.3, -0.25) is 9.05 Å². The predicted octanol–water partition coefficient (Wildman–Crippen LogP) is 6.75. The summed E-state index contributed by atoms with van der Waals surface area (Å²) in [7, 11) is -1.58. The highest BCUT2D eigenvalue weighted by Crippen LogP contribution is 2.44. The zero-order valence-corrected chi connectivity index (χ0v) is 25.4. The maximum atomic E-state index is 12.6. The minimum Gasteiger partial charge on any atom is -0.329 e. The van der Waals surface area contributed by atoms with E-state index in [2.05, 4.69) is 6.92 Å². The van der Waals surface area contributed by atoms with Gasteiger partial charge in [-0.15, -0.1) is 0 Å². The summed E-state index contributed by atoms with van der Waals surface area (Å²) in [5.41, 5.74) is -0.767. The second kappa shape index (κ2) is 18.3. The third-order valence-electron chi connectivity index (χ3n) is 6.05. The fraction of sp³-hybridized carbons (Fsp3) is 1.00. The molecule has 0 bridgehead atoms. The zero-order valence-electron chi connectivity index (χ0n) is 23.7. The van der Waals surface area contributed by atoms with Crippen molar-refractivity contribution in [2.45, 2.75) is 111 Å². The molecule has 9 heteroatoms. The molecule has 0 aromatic heterocycles. The maximum absolute atomic E-state index is 12.6. The SMILES string of the molecule is CCCCCCCCCCCCCCCCS(=O)(=O)CC(C)(C)COP(=O)(O)OCC[N+](C)(C)C. The molecule has 1 unspecified atom stereocenters. The predicted molar refractivity (Wildman–Crippen MR) is 147 cm³/mol. The topological polar surface area (TPSA) is 89.9 Å². The van der Waals surface area contributed by atoms with Crippen molar-refractivity contribution in [1.29, 1.82) is 0 Å². The number of hydrogen-bond acceptors (Lipinski definition) is 5. The Morgan fingerprint density at radius 3 is 1.63 bits per heavy atom. The molecule has 0 rings (SSSR count). The van der Waals surface area contributed by atoms with Crippen LogP contribution in [0.1, 0.15) is 111 Å². The molecule has 0 spiro atoms. The number of quaternary nitrogens is 1. The first-order chi connectivity index (χ1) is 16.2. The normalized spacial score (nSPS) is 14.8. The van der Waals surface area contributed by atoms with Gasteiger partial charge < -0.3 is 9.38 Å². The van der Waals surface area contributed by atoms with Crippen LogP contribution in [0.2, 0.25) is 0 Å². The summed E-state index contributed by atoms with van der Waals surface area (Å²) in [5.74, 6) is 0.0859. The van der Waals surface area contributed by atoms with Crippen molar-refractivity contribution < 1.29 is 31.4 Å². The van der Waals surface area contributed by atoms with Crippen LogP contribution in [0.25, 0.3) is 0 Å². The Morgan fingerprint density at radius 2 is 1.20 bits per heavy atom. The van der Waals surface area contributed by atoms with Crippen molar-refractivity contribution >= 4 is 17.7 Å². The van der Waals surface area contributed by atoms with Crippen LogP contribution < -0.4 is 0 Å². The van der Waals surface area contributed by atoms with Crippen LogP contribution in [0, 0.1) is 5.41 Å². The first kappa shape index (κ1) is 35.0. The van der Waals surface area contributed by atoms with Gasteiger partial charge in [0.15, 0.2) is 9.84 Å². The second-order valence-electron chi connectivity index (χ2n) is 11.9. The minimum atomic E-state index is -4.20. The quantitative estimate of drug-likeness (QED) is 0.0824. The molecule has 35 heavy (non-hydrogen) atoms. The summed E-state index contributed by atoms with van der Waals surface area (Å²) in [5, 5.41) is 0. The van der Waals surface area contributed by atoms with Crippen LogP contribution >= 0.6 is 7.82 Å². The van der Waals surface area contributed by atoms with Crippen LogP contribution in [-0.2, 0) is 23.4 Å². The summed E-state index contributed by atoms with van der Waals surface area (Å²) in [6, 6.07) is 0. The van der Waals surface area contributed by atoms with Gasteiger partial charge in [-0.25, -0.2) is 13.0 Å². The van der Waals surface area contributed by atoms with Gasteiger partial charge in [0.1, 0.15) is 13.2 Å². The Morgan fingerprint density at radius 1 is 0.771 bits per heavy atom. The van der Waals surface area contributed by atoms with Gasteiger partial charge in [0.25, 0.3) is 0 Å². The summed E-state index contributed by atoms with van der Waals surface area (Å²) < 4.78 is 47.9. The van der Waals surface area contributed by atoms with Crippen LogP contribution in [0.5, 0.6) is 0 Å². The number of hydrogen-bond donors (Lipinski definition) is 1. The van der Waals surface area contributed by atoms with E-state index in [0.29, 0.717) is 17.4 Å². The van der Waals surface area contributed by atoms with Crippen molar-refractivity contribution in [1.82, 2.24) is 0 Å². The van der Waals surface area contributed by atoms with Gasteiger partial charge in [-0.05, 0) is 6.42 Å². The summed E-state index contributed by atoms with van der Waals surface area (Å²) in [6.45, 7) is 6.23. The van der Waals surface area contributed by atoms with Crippen molar-refractivity contribution in [2.75, 3.05) is 52.4 Å². The number of unbranched alkanes of at least 4 members (excludes halogenated alkanes) is 13. The number of nitrogens with zero attached hydrogens (tertiary/aromatic N) is 1. The molecule has 0 aliphatic heterocycles. The van der Waals surface area contributed by atoms with E-state index in [9.17, 15) is 17.9 Å². The summed E-state index contributed by atoms with van der Waals surface area (Å²) >= 11 is 0. The molecule has 212 valence electrons. The molecule has 0 aromatic carbocycles. The van der Waals surface area contributed by atoms with Crippen molar-refractivity contribution in [3.05, 3.63) is 0 Å². The highest BCUT2D eigenvalue weighted by molar-refractivity contribution is 7.91. The standard InChI is InChI=1S/C26H56NO6PS/c1-7-8-9-10-11-12-13-14-15-16-17-18-19-20-23-35(30,31)25-26(2,3)24-33-34(28,29)32-22-21-27(4,5)6/h7-25H2,1-6H3/p+1. The van der Waals surface area contributed by atoms with E-state index in [0.717, 1.165) is 12.8 Å². The third kappa shape index (κ3) is 24.1. The molecule has 0 aliphatic rings. The number of phosphoric acid groups is 1. The van der Waals surface area contributed by atoms with Gasteiger partial charge in [0.05, 0.1) is 39.3 Å². The van der Waals surface area contributed by atoms with Crippen LogP contribution in [-0.4, -0.2) is 70.2 Å². The molecular formula is C26H57NO6PS+.